The van der Waals surface area contributed by atoms with Gasteiger partial charge in [-0.2, -0.15) is 11.8 Å². The Kier molecular flexibility index (Phi) is 6.46. The van der Waals surface area contributed by atoms with E-state index in [1.54, 1.807) is 7.11 Å². The first-order chi connectivity index (χ1) is 8.58. The number of nitrogens with zero attached hydrogens (tertiary/aromatic N) is 1. The van der Waals surface area contributed by atoms with Crippen molar-refractivity contribution >= 4 is 29.0 Å². The molecule has 1 aromatic rings. The molecule has 3 nitrogen and oxygen atoms in total. The fraction of sp³-hybridized carbons (Fsp3) is 0.462. The van der Waals surface area contributed by atoms with Gasteiger partial charge in [-0.05, 0) is 31.0 Å². The minimum Gasteiger partial charge on any atom is -0.496 e. The first kappa shape index (κ1) is 15.3. The quantitative estimate of drug-likeness (QED) is 0.777. The molecular formula is C13H20N2OS2. The van der Waals surface area contributed by atoms with Crippen LogP contribution in [0.15, 0.2) is 18.2 Å². The Labute approximate surface area is 119 Å². The van der Waals surface area contributed by atoms with Gasteiger partial charge < -0.3 is 15.4 Å². The Hall–Kier alpha value is -0.780. The lowest BCUT2D eigenvalue weighted by Crippen LogP contribution is -2.20. The third-order valence-corrected chi connectivity index (χ3v) is 3.47. The highest BCUT2D eigenvalue weighted by Crippen LogP contribution is 2.20. The molecule has 100 valence electrons. The predicted molar refractivity (Wildman–Crippen MR) is 83.6 cm³/mol. The molecule has 2 N–H and O–H groups in total. The summed E-state index contributed by atoms with van der Waals surface area (Å²) in [7, 11) is 3.75. The van der Waals surface area contributed by atoms with E-state index in [9.17, 15) is 0 Å². The molecule has 0 aromatic heterocycles. The van der Waals surface area contributed by atoms with Crippen LogP contribution in [0.1, 0.15) is 11.1 Å². The second-order valence-corrected chi connectivity index (χ2v) is 5.55. The lowest BCUT2D eigenvalue weighted by atomic mass is 10.1. The number of thioether (sulfide) groups is 1. The number of nitrogens with two attached hydrogens (primary N) is 1. The molecule has 0 aliphatic carbocycles. The van der Waals surface area contributed by atoms with Crippen LogP contribution < -0.4 is 10.5 Å². The number of methoxy groups -OCH3 is 1. The highest BCUT2D eigenvalue weighted by molar-refractivity contribution is 7.98. The van der Waals surface area contributed by atoms with Crippen molar-refractivity contribution in [3.63, 3.8) is 0 Å². The molecule has 0 spiro atoms. The Morgan fingerprint density at radius 3 is 2.78 bits per heavy atom. The van der Waals surface area contributed by atoms with Crippen LogP contribution in [0.25, 0.3) is 0 Å². The zero-order valence-electron chi connectivity index (χ0n) is 11.1. The number of rotatable bonds is 7. The van der Waals surface area contributed by atoms with Crippen LogP contribution in [0, 0.1) is 0 Å². The normalized spacial score (nSPS) is 10.7. The average Bonchev–Trinajstić information content (AvgIpc) is 2.35. The Balaban J connectivity index is 2.76. The summed E-state index contributed by atoms with van der Waals surface area (Å²) in [6.45, 7) is 1.97. The van der Waals surface area contributed by atoms with E-state index in [1.165, 1.54) is 5.56 Å². The van der Waals surface area contributed by atoms with Crippen molar-refractivity contribution < 1.29 is 4.74 Å². The third kappa shape index (κ3) is 4.48. The minimum absolute atomic E-state index is 0.370. The molecule has 0 saturated heterocycles. The lowest BCUT2D eigenvalue weighted by Gasteiger charge is -2.17. The van der Waals surface area contributed by atoms with E-state index in [0.717, 1.165) is 30.2 Å². The highest BCUT2D eigenvalue weighted by Gasteiger charge is 2.08. The summed E-state index contributed by atoms with van der Waals surface area (Å²) in [5.74, 6) is 1.89. The average molecular weight is 284 g/mol. The minimum atomic E-state index is 0.370. The van der Waals surface area contributed by atoms with Gasteiger partial charge in [-0.3, -0.25) is 0 Å². The van der Waals surface area contributed by atoms with Crippen molar-refractivity contribution in [3.05, 3.63) is 29.3 Å². The first-order valence-electron chi connectivity index (χ1n) is 5.72. The van der Waals surface area contributed by atoms with Crippen molar-refractivity contribution in [1.82, 2.24) is 4.90 Å². The molecule has 0 amide bonds. The van der Waals surface area contributed by atoms with Gasteiger partial charge in [-0.15, -0.1) is 0 Å². The smallest absolute Gasteiger partial charge is 0.129 e. The van der Waals surface area contributed by atoms with Crippen molar-refractivity contribution in [2.75, 3.05) is 32.7 Å². The Morgan fingerprint density at radius 1 is 1.50 bits per heavy atom. The molecule has 0 radical (unpaired) electrons. The van der Waals surface area contributed by atoms with E-state index < -0.39 is 0 Å². The molecule has 0 bridgehead atoms. The molecule has 1 aromatic carbocycles. The second kappa shape index (κ2) is 7.61. The number of thiocarbonyl (C=S) groups is 1. The number of hydrogen-bond acceptors (Lipinski definition) is 4. The predicted octanol–water partition coefficient (Wildman–Crippen LogP) is 2.12. The largest absolute Gasteiger partial charge is 0.496 e. The molecule has 0 fully saturated rings. The molecule has 5 heteroatoms. The molecule has 0 heterocycles. The number of benzene rings is 1. The van der Waals surface area contributed by atoms with E-state index >= 15 is 0 Å². The van der Waals surface area contributed by atoms with Crippen LogP contribution in [0.5, 0.6) is 5.75 Å². The zero-order chi connectivity index (χ0) is 13.5. The maximum atomic E-state index is 5.65. The summed E-state index contributed by atoms with van der Waals surface area (Å²) in [5, 5.41) is 0. The van der Waals surface area contributed by atoms with E-state index in [4.69, 9.17) is 22.7 Å². The van der Waals surface area contributed by atoms with Crippen molar-refractivity contribution in [2.24, 2.45) is 5.73 Å². The van der Waals surface area contributed by atoms with Crippen molar-refractivity contribution in [2.45, 2.75) is 6.54 Å². The van der Waals surface area contributed by atoms with Gasteiger partial charge in [0.25, 0.3) is 0 Å². The van der Waals surface area contributed by atoms with Crippen LogP contribution in [0.4, 0.5) is 0 Å². The summed E-state index contributed by atoms with van der Waals surface area (Å²) in [6, 6.07) is 5.98. The van der Waals surface area contributed by atoms with Crippen LogP contribution in [0.3, 0.4) is 0 Å². The van der Waals surface area contributed by atoms with Crippen LogP contribution in [-0.4, -0.2) is 42.6 Å². The van der Waals surface area contributed by atoms with Crippen LogP contribution in [0.2, 0.25) is 0 Å². The fourth-order valence-corrected chi connectivity index (χ4v) is 2.34. The first-order valence-corrected chi connectivity index (χ1v) is 7.53. The zero-order valence-corrected chi connectivity index (χ0v) is 12.7. The van der Waals surface area contributed by atoms with Crippen molar-refractivity contribution in [3.8, 4) is 5.75 Å². The molecule has 0 unspecified atom stereocenters. The summed E-state index contributed by atoms with van der Waals surface area (Å²) in [6.07, 6.45) is 2.12. The van der Waals surface area contributed by atoms with Gasteiger partial charge in [-0.25, -0.2) is 0 Å². The van der Waals surface area contributed by atoms with Gasteiger partial charge in [0.1, 0.15) is 10.7 Å². The summed E-state index contributed by atoms with van der Waals surface area (Å²) >= 11 is 6.84. The standard InChI is InChI=1S/C13H20N2OS2/c1-15(6-7-18-3)9-10-4-5-11(13(14)17)12(8-10)16-2/h4-5,8H,6-7,9H2,1-3H3,(H2,14,17). The number of hydrogen-bond donors (Lipinski definition) is 1. The maximum absolute atomic E-state index is 5.65. The van der Waals surface area contributed by atoms with Gasteiger partial charge in [0, 0.05) is 18.8 Å². The monoisotopic (exact) mass is 284 g/mol. The van der Waals surface area contributed by atoms with Gasteiger partial charge in [0.15, 0.2) is 0 Å². The Bertz CT molecular complexity index is 410. The highest BCUT2D eigenvalue weighted by atomic mass is 32.2. The van der Waals surface area contributed by atoms with E-state index in [2.05, 4.69) is 18.2 Å². The lowest BCUT2D eigenvalue weighted by molar-refractivity contribution is 0.347. The van der Waals surface area contributed by atoms with Gasteiger partial charge in [-0.1, -0.05) is 18.3 Å². The van der Waals surface area contributed by atoms with Crippen LogP contribution in [-0.2, 0) is 6.54 Å². The fourth-order valence-electron chi connectivity index (χ4n) is 1.68. The van der Waals surface area contributed by atoms with Crippen LogP contribution >= 0.6 is 24.0 Å². The van der Waals surface area contributed by atoms with E-state index in [1.807, 2.05) is 30.0 Å². The molecule has 0 aliphatic heterocycles. The topological polar surface area (TPSA) is 38.5 Å². The Morgan fingerprint density at radius 2 is 2.22 bits per heavy atom. The molecule has 1 rings (SSSR count). The SMILES string of the molecule is COc1cc(CN(C)CCSC)ccc1C(N)=S. The van der Waals surface area contributed by atoms with Gasteiger partial charge in [0.05, 0.1) is 12.7 Å². The second-order valence-electron chi connectivity index (χ2n) is 4.13. The van der Waals surface area contributed by atoms with E-state index in [-0.39, 0.29) is 0 Å². The van der Waals surface area contributed by atoms with E-state index in [0.29, 0.717) is 4.99 Å². The summed E-state index contributed by atoms with van der Waals surface area (Å²) in [4.78, 5) is 2.65. The molecule has 0 saturated carbocycles. The molecular weight excluding hydrogens is 264 g/mol. The summed E-state index contributed by atoms with van der Waals surface area (Å²) < 4.78 is 5.32. The maximum Gasteiger partial charge on any atom is 0.129 e. The van der Waals surface area contributed by atoms with Gasteiger partial charge >= 0.3 is 0 Å². The van der Waals surface area contributed by atoms with Gasteiger partial charge in [0.2, 0.25) is 0 Å². The molecule has 0 atom stereocenters. The summed E-state index contributed by atoms with van der Waals surface area (Å²) in [5.41, 5.74) is 7.64. The molecule has 18 heavy (non-hydrogen) atoms. The van der Waals surface area contributed by atoms with Crippen molar-refractivity contribution in [1.29, 1.82) is 0 Å². The third-order valence-electron chi connectivity index (χ3n) is 2.66. The number of ether oxygens (including phenoxy) is 1. The molecule has 0 aliphatic rings.